The molecule has 0 aliphatic carbocycles. The van der Waals surface area contributed by atoms with Crippen LogP contribution in [0.2, 0.25) is 0 Å². The van der Waals surface area contributed by atoms with Gasteiger partial charge in [0, 0.05) is 12.8 Å². The molecule has 11 nitrogen and oxygen atoms in total. The molecule has 0 aromatic heterocycles. The van der Waals surface area contributed by atoms with Crippen LogP contribution >= 0.6 is 0 Å². The van der Waals surface area contributed by atoms with Gasteiger partial charge in [0.25, 0.3) is 0 Å². The summed E-state index contributed by atoms with van der Waals surface area (Å²) in [5, 5.41) is 2.89. The molecule has 1 N–H and O–H groups in total. The monoisotopic (exact) mass is 585 g/mol. The molecule has 0 aliphatic rings. The van der Waals surface area contributed by atoms with Gasteiger partial charge < -0.3 is 33.7 Å². The van der Waals surface area contributed by atoms with Gasteiger partial charge in [-0.05, 0) is 62.3 Å². The molecule has 0 fully saturated rings. The highest BCUT2D eigenvalue weighted by Crippen LogP contribution is 2.14. The third-order valence-corrected chi connectivity index (χ3v) is 4.65. The lowest BCUT2D eigenvalue weighted by atomic mass is 10.0. The van der Waals surface area contributed by atoms with Crippen LogP contribution in [-0.2, 0) is 47.6 Å². The molecule has 0 aromatic rings. The molecule has 0 spiro atoms. The zero-order valence-electron chi connectivity index (χ0n) is 26.4. The summed E-state index contributed by atoms with van der Waals surface area (Å²) < 4.78 is 33.3. The molecule has 0 rings (SSSR count). The van der Waals surface area contributed by atoms with E-state index < -0.39 is 40.2 Å². The second-order valence-corrected chi connectivity index (χ2v) is 12.7. The van der Waals surface area contributed by atoms with Crippen LogP contribution in [0.15, 0.2) is 0 Å². The molecule has 0 bridgehead atoms. The highest BCUT2D eigenvalue weighted by atomic mass is 16.6. The average Bonchev–Trinajstić information content (AvgIpc) is 2.77. The smallest absolute Gasteiger partial charge is 0.308 e. The maximum atomic E-state index is 12.7. The topological polar surface area (TPSA) is 136 Å². The Labute approximate surface area is 245 Å². The first kappa shape index (κ1) is 38.3. The van der Waals surface area contributed by atoms with Crippen LogP contribution in [-0.4, -0.2) is 85.8 Å². The highest BCUT2D eigenvalue weighted by Gasteiger charge is 2.34. The molecule has 0 unspecified atom stereocenters. The van der Waals surface area contributed by atoms with E-state index in [9.17, 15) is 19.2 Å². The summed E-state index contributed by atoms with van der Waals surface area (Å²) in [5.41, 5.74) is -3.09. The zero-order chi connectivity index (χ0) is 31.7. The average molecular weight is 586 g/mol. The number of carbonyl (C=O) groups is 4. The number of terminal acetylenes is 1. The van der Waals surface area contributed by atoms with Crippen molar-refractivity contribution in [1.82, 2.24) is 5.32 Å². The second-order valence-electron chi connectivity index (χ2n) is 12.7. The fourth-order valence-corrected chi connectivity index (χ4v) is 3.22. The molecule has 236 valence electrons. The standard InChI is InChI=1S/C30H51NO10/c1-11-12-13-23(32)31-30(20-36-17-14-24(33)39-27(2,3)4,21-37-18-15-25(34)40-28(5,6)7)22-38-19-16-26(35)41-29(8,9)10/h1H,12-22H2,2-10H3,(H,31,32). The van der Waals surface area contributed by atoms with Gasteiger partial charge in [-0.25, -0.2) is 0 Å². The molecule has 11 heteroatoms. The first-order chi connectivity index (χ1) is 18.8. The van der Waals surface area contributed by atoms with Crippen molar-refractivity contribution in [3.05, 3.63) is 0 Å². The van der Waals surface area contributed by atoms with Crippen molar-refractivity contribution < 1.29 is 47.6 Å². The van der Waals surface area contributed by atoms with Crippen molar-refractivity contribution in [2.75, 3.05) is 39.6 Å². The molecule has 1 amide bonds. The number of hydrogen-bond acceptors (Lipinski definition) is 10. The predicted octanol–water partition coefficient (Wildman–Crippen LogP) is 3.50. The quantitative estimate of drug-likeness (QED) is 0.110. The molecule has 0 radical (unpaired) electrons. The lowest BCUT2D eigenvalue weighted by molar-refractivity contribution is -0.157. The number of rotatable bonds is 18. The summed E-state index contributed by atoms with van der Waals surface area (Å²) in [6.45, 7) is 15.7. The van der Waals surface area contributed by atoms with E-state index in [2.05, 4.69) is 11.2 Å². The van der Waals surface area contributed by atoms with E-state index in [0.29, 0.717) is 0 Å². The zero-order valence-corrected chi connectivity index (χ0v) is 26.4. The van der Waals surface area contributed by atoms with E-state index in [1.54, 1.807) is 62.3 Å². The van der Waals surface area contributed by atoms with Gasteiger partial charge in [-0.3, -0.25) is 19.2 Å². The van der Waals surface area contributed by atoms with Gasteiger partial charge in [0.05, 0.1) is 58.9 Å². The van der Waals surface area contributed by atoms with Crippen molar-refractivity contribution in [2.45, 2.75) is 117 Å². The number of hydrogen-bond donors (Lipinski definition) is 1. The Morgan fingerprint density at radius 3 is 1.17 bits per heavy atom. The van der Waals surface area contributed by atoms with E-state index in [4.69, 9.17) is 34.8 Å². The minimum Gasteiger partial charge on any atom is -0.460 e. The van der Waals surface area contributed by atoms with Crippen LogP contribution in [0.3, 0.4) is 0 Å². The minimum atomic E-state index is -1.21. The van der Waals surface area contributed by atoms with Gasteiger partial charge in [-0.15, -0.1) is 12.3 Å². The summed E-state index contributed by atoms with van der Waals surface area (Å²) in [6, 6.07) is 0. The van der Waals surface area contributed by atoms with Crippen molar-refractivity contribution in [3.63, 3.8) is 0 Å². The summed E-state index contributed by atoms with van der Waals surface area (Å²) in [6.07, 6.45) is 5.59. The molecular weight excluding hydrogens is 534 g/mol. The maximum Gasteiger partial charge on any atom is 0.308 e. The molecule has 0 saturated heterocycles. The van der Waals surface area contributed by atoms with Crippen molar-refractivity contribution in [1.29, 1.82) is 0 Å². The summed E-state index contributed by atoms with van der Waals surface area (Å²) in [5.74, 6) is 0.787. The Hall–Kier alpha value is -2.68. The van der Waals surface area contributed by atoms with E-state index in [-0.39, 0.29) is 77.7 Å². The van der Waals surface area contributed by atoms with Gasteiger partial charge in [0.1, 0.15) is 22.3 Å². The number of esters is 3. The lowest BCUT2D eigenvalue weighted by Crippen LogP contribution is -2.58. The van der Waals surface area contributed by atoms with E-state index in [0.717, 1.165) is 0 Å². The van der Waals surface area contributed by atoms with Crippen LogP contribution < -0.4 is 5.32 Å². The van der Waals surface area contributed by atoms with Crippen molar-refractivity contribution >= 4 is 23.8 Å². The summed E-state index contributed by atoms with van der Waals surface area (Å²) >= 11 is 0. The molecule has 0 heterocycles. The van der Waals surface area contributed by atoms with Gasteiger partial charge >= 0.3 is 17.9 Å². The van der Waals surface area contributed by atoms with Gasteiger partial charge in [-0.2, -0.15) is 0 Å². The lowest BCUT2D eigenvalue weighted by Gasteiger charge is -2.34. The number of ether oxygens (including phenoxy) is 6. The highest BCUT2D eigenvalue weighted by molar-refractivity contribution is 5.77. The normalized spacial score (nSPS) is 12.3. The van der Waals surface area contributed by atoms with E-state index in [1.807, 2.05) is 0 Å². The van der Waals surface area contributed by atoms with Crippen LogP contribution in [0.4, 0.5) is 0 Å². The maximum absolute atomic E-state index is 12.7. The predicted molar refractivity (Wildman–Crippen MR) is 153 cm³/mol. The minimum absolute atomic E-state index is 0.00259. The SMILES string of the molecule is C#CCCC(=O)NC(COCCC(=O)OC(C)(C)C)(COCCC(=O)OC(C)(C)C)COCCC(=O)OC(C)(C)C. The Kier molecular flexibility index (Phi) is 16.8. The van der Waals surface area contributed by atoms with Crippen molar-refractivity contribution in [2.24, 2.45) is 0 Å². The van der Waals surface area contributed by atoms with E-state index >= 15 is 0 Å². The number of carbonyl (C=O) groups excluding carboxylic acids is 4. The Morgan fingerprint density at radius 2 is 0.902 bits per heavy atom. The summed E-state index contributed by atoms with van der Waals surface area (Å²) in [7, 11) is 0. The molecule has 0 aliphatic heterocycles. The van der Waals surface area contributed by atoms with Crippen molar-refractivity contribution in [3.8, 4) is 12.3 Å². The third kappa shape index (κ3) is 22.7. The Balaban J connectivity index is 5.48. The van der Waals surface area contributed by atoms with Crippen LogP contribution in [0.1, 0.15) is 94.4 Å². The first-order valence-electron chi connectivity index (χ1n) is 13.9. The number of amides is 1. The fraction of sp³-hybridized carbons (Fsp3) is 0.800. The Morgan fingerprint density at radius 1 is 0.585 bits per heavy atom. The fourth-order valence-electron chi connectivity index (χ4n) is 3.22. The third-order valence-electron chi connectivity index (χ3n) is 4.65. The molecule has 41 heavy (non-hydrogen) atoms. The largest absolute Gasteiger partial charge is 0.460 e. The molecular formula is C30H51NO10. The van der Waals surface area contributed by atoms with Gasteiger partial charge in [0.15, 0.2) is 0 Å². The van der Waals surface area contributed by atoms with Crippen LogP contribution in [0.5, 0.6) is 0 Å². The van der Waals surface area contributed by atoms with Gasteiger partial charge in [-0.1, -0.05) is 0 Å². The first-order valence-corrected chi connectivity index (χ1v) is 13.9. The summed E-state index contributed by atoms with van der Waals surface area (Å²) in [4.78, 5) is 49.0. The Bertz CT molecular complexity index is 783. The van der Waals surface area contributed by atoms with Crippen LogP contribution in [0.25, 0.3) is 0 Å². The molecule has 0 aromatic carbocycles. The molecule has 0 saturated carbocycles. The molecule has 0 atom stereocenters. The van der Waals surface area contributed by atoms with Gasteiger partial charge in [0.2, 0.25) is 5.91 Å². The van der Waals surface area contributed by atoms with Crippen LogP contribution in [0, 0.1) is 12.3 Å². The van der Waals surface area contributed by atoms with E-state index in [1.165, 1.54) is 0 Å². The number of nitrogens with one attached hydrogen (secondary N) is 1. The second kappa shape index (κ2) is 18.0.